The monoisotopic (exact) mass is 325 g/mol. The minimum atomic E-state index is -0.377. The first-order valence-electron chi connectivity index (χ1n) is 8.12. The van der Waals surface area contributed by atoms with Crippen molar-refractivity contribution in [2.75, 3.05) is 11.6 Å². The normalized spacial score (nSPS) is 10.5. The van der Waals surface area contributed by atoms with Crippen molar-refractivity contribution in [1.29, 1.82) is 0 Å². The Labute approximate surface area is 142 Å². The SMILES string of the molecule is C#CCN(N)c1nc(-c2c(CC)cccc2CC)n(CC)c(=O)n1. The summed E-state index contributed by atoms with van der Waals surface area (Å²) in [6.07, 6.45) is 6.98. The second-order valence-corrected chi connectivity index (χ2v) is 5.36. The third-order valence-electron chi connectivity index (χ3n) is 3.95. The molecule has 24 heavy (non-hydrogen) atoms. The van der Waals surface area contributed by atoms with Crippen LogP contribution in [0.15, 0.2) is 23.0 Å². The van der Waals surface area contributed by atoms with Crippen molar-refractivity contribution < 1.29 is 0 Å². The molecule has 6 nitrogen and oxygen atoms in total. The van der Waals surface area contributed by atoms with Gasteiger partial charge in [0.1, 0.15) is 5.82 Å². The van der Waals surface area contributed by atoms with E-state index in [1.165, 1.54) is 5.01 Å². The van der Waals surface area contributed by atoms with Crippen molar-refractivity contribution in [3.8, 4) is 23.7 Å². The predicted molar refractivity (Wildman–Crippen MR) is 96.5 cm³/mol. The van der Waals surface area contributed by atoms with E-state index >= 15 is 0 Å². The molecule has 0 radical (unpaired) electrons. The van der Waals surface area contributed by atoms with Gasteiger partial charge in [-0.25, -0.2) is 10.6 Å². The molecule has 0 aliphatic rings. The number of nitrogens with two attached hydrogens (primary N) is 1. The summed E-state index contributed by atoms with van der Waals surface area (Å²) in [7, 11) is 0. The van der Waals surface area contributed by atoms with Gasteiger partial charge in [0.05, 0.1) is 6.54 Å². The highest BCUT2D eigenvalue weighted by molar-refractivity contribution is 5.66. The number of hydrogen-bond acceptors (Lipinski definition) is 5. The van der Waals surface area contributed by atoms with Crippen molar-refractivity contribution >= 4 is 5.95 Å². The lowest BCUT2D eigenvalue weighted by Gasteiger charge is -2.19. The number of nitrogens with zero attached hydrogens (tertiary/aromatic N) is 4. The molecule has 2 rings (SSSR count). The number of rotatable bonds is 6. The third kappa shape index (κ3) is 3.31. The highest BCUT2D eigenvalue weighted by Gasteiger charge is 2.18. The van der Waals surface area contributed by atoms with Gasteiger partial charge in [-0.15, -0.1) is 6.42 Å². The first-order chi connectivity index (χ1) is 11.6. The molecule has 0 aliphatic carbocycles. The van der Waals surface area contributed by atoms with Crippen molar-refractivity contribution in [3.63, 3.8) is 0 Å². The zero-order valence-electron chi connectivity index (χ0n) is 14.4. The van der Waals surface area contributed by atoms with E-state index < -0.39 is 0 Å². The second kappa shape index (κ2) is 7.75. The van der Waals surface area contributed by atoms with Crippen LogP contribution in [0, 0.1) is 12.3 Å². The van der Waals surface area contributed by atoms with Gasteiger partial charge in [-0.1, -0.05) is 38.0 Å². The molecule has 1 heterocycles. The predicted octanol–water partition coefficient (Wildman–Crippen LogP) is 1.76. The molecule has 0 saturated carbocycles. The average Bonchev–Trinajstić information content (AvgIpc) is 2.60. The van der Waals surface area contributed by atoms with Crippen LogP contribution in [-0.2, 0) is 19.4 Å². The Morgan fingerprint density at radius 1 is 1.21 bits per heavy atom. The lowest BCUT2D eigenvalue weighted by molar-refractivity contribution is 0.675. The van der Waals surface area contributed by atoms with E-state index in [1.807, 2.05) is 13.0 Å². The average molecular weight is 325 g/mol. The van der Waals surface area contributed by atoms with Gasteiger partial charge < -0.3 is 0 Å². The molecule has 1 aromatic heterocycles. The summed E-state index contributed by atoms with van der Waals surface area (Å²) in [6.45, 7) is 6.68. The molecule has 0 spiro atoms. The summed E-state index contributed by atoms with van der Waals surface area (Å²) in [5, 5.41) is 1.21. The van der Waals surface area contributed by atoms with Gasteiger partial charge in [0.2, 0.25) is 5.95 Å². The van der Waals surface area contributed by atoms with Crippen LogP contribution < -0.4 is 16.5 Å². The van der Waals surface area contributed by atoms with Gasteiger partial charge in [-0.3, -0.25) is 9.58 Å². The van der Waals surface area contributed by atoms with Gasteiger partial charge in [-0.2, -0.15) is 9.97 Å². The zero-order valence-corrected chi connectivity index (χ0v) is 14.4. The summed E-state index contributed by atoms with van der Waals surface area (Å²) in [5.41, 5.74) is 2.89. The third-order valence-corrected chi connectivity index (χ3v) is 3.95. The quantitative estimate of drug-likeness (QED) is 0.497. The minimum absolute atomic E-state index is 0.130. The maximum atomic E-state index is 12.5. The van der Waals surface area contributed by atoms with E-state index in [0.717, 1.165) is 29.5 Å². The van der Waals surface area contributed by atoms with Gasteiger partial charge in [0, 0.05) is 12.1 Å². The molecule has 0 aliphatic heterocycles. The Kier molecular flexibility index (Phi) is 5.72. The van der Waals surface area contributed by atoms with Gasteiger partial charge in [0.15, 0.2) is 0 Å². The van der Waals surface area contributed by atoms with E-state index in [4.69, 9.17) is 12.3 Å². The van der Waals surface area contributed by atoms with Crippen molar-refractivity contribution in [1.82, 2.24) is 14.5 Å². The van der Waals surface area contributed by atoms with Crippen LogP contribution in [0.3, 0.4) is 0 Å². The highest BCUT2D eigenvalue weighted by Crippen LogP contribution is 2.27. The van der Waals surface area contributed by atoms with Crippen LogP contribution in [0.2, 0.25) is 0 Å². The summed E-state index contributed by atoms with van der Waals surface area (Å²) in [5.74, 6) is 9.04. The Hall–Kier alpha value is -2.65. The topological polar surface area (TPSA) is 77.0 Å². The fraction of sp³-hybridized carbons (Fsp3) is 0.389. The number of terminal acetylenes is 1. The lowest BCUT2D eigenvalue weighted by Crippen LogP contribution is -2.37. The van der Waals surface area contributed by atoms with Crippen LogP contribution in [0.1, 0.15) is 31.9 Å². The molecular weight excluding hydrogens is 302 g/mol. The molecular formula is C18H23N5O. The standard InChI is InChI=1S/C18H23N5O/c1-5-12-23(19)17-20-16(22(8-4)18(24)21-17)15-13(6-2)10-9-11-14(15)7-3/h1,9-11H,6-8,12,19H2,2-4H3. The number of aryl methyl sites for hydroxylation is 2. The van der Waals surface area contributed by atoms with Crippen molar-refractivity contribution in [2.45, 2.75) is 40.2 Å². The molecule has 0 saturated heterocycles. The van der Waals surface area contributed by atoms with Crippen LogP contribution in [0.4, 0.5) is 5.95 Å². The molecule has 126 valence electrons. The molecule has 0 amide bonds. The fourth-order valence-electron chi connectivity index (χ4n) is 2.72. The van der Waals surface area contributed by atoms with Gasteiger partial charge in [-0.05, 0) is 30.9 Å². The number of hydrogen-bond donors (Lipinski definition) is 1. The number of anilines is 1. The lowest BCUT2D eigenvalue weighted by atomic mass is 9.97. The van der Waals surface area contributed by atoms with Crippen LogP contribution in [0.25, 0.3) is 11.4 Å². The number of hydrazine groups is 1. The molecule has 6 heteroatoms. The minimum Gasteiger partial charge on any atom is -0.276 e. The van der Waals surface area contributed by atoms with Crippen LogP contribution in [-0.4, -0.2) is 21.1 Å². The first-order valence-corrected chi connectivity index (χ1v) is 8.12. The summed E-state index contributed by atoms with van der Waals surface area (Å²) in [4.78, 5) is 21.0. The van der Waals surface area contributed by atoms with Gasteiger partial charge >= 0.3 is 5.69 Å². The second-order valence-electron chi connectivity index (χ2n) is 5.36. The zero-order chi connectivity index (χ0) is 17.7. The molecule has 0 atom stereocenters. The Morgan fingerprint density at radius 3 is 2.33 bits per heavy atom. The van der Waals surface area contributed by atoms with E-state index in [-0.39, 0.29) is 18.2 Å². The van der Waals surface area contributed by atoms with E-state index in [1.54, 1.807) is 4.57 Å². The summed E-state index contributed by atoms with van der Waals surface area (Å²) < 4.78 is 1.57. The van der Waals surface area contributed by atoms with Crippen molar-refractivity contribution in [2.24, 2.45) is 5.84 Å². The summed E-state index contributed by atoms with van der Waals surface area (Å²) in [6, 6.07) is 6.15. The molecule has 2 N–H and O–H groups in total. The molecule has 0 bridgehead atoms. The molecule has 0 unspecified atom stereocenters. The van der Waals surface area contributed by atoms with Crippen LogP contribution in [0.5, 0.6) is 0 Å². The van der Waals surface area contributed by atoms with Crippen LogP contribution >= 0.6 is 0 Å². The Morgan fingerprint density at radius 2 is 1.83 bits per heavy atom. The summed E-state index contributed by atoms with van der Waals surface area (Å²) >= 11 is 0. The smallest absolute Gasteiger partial charge is 0.276 e. The highest BCUT2D eigenvalue weighted by atomic mass is 16.1. The van der Waals surface area contributed by atoms with E-state index in [9.17, 15) is 4.79 Å². The fourth-order valence-corrected chi connectivity index (χ4v) is 2.72. The Bertz CT molecular complexity index is 797. The molecule has 1 aromatic carbocycles. The molecule has 2 aromatic rings. The van der Waals surface area contributed by atoms with E-state index in [2.05, 4.69) is 41.9 Å². The first kappa shape index (κ1) is 17.7. The number of benzene rings is 1. The maximum absolute atomic E-state index is 12.5. The Balaban J connectivity index is 2.79. The van der Waals surface area contributed by atoms with E-state index in [0.29, 0.717) is 12.4 Å². The number of aromatic nitrogens is 3. The van der Waals surface area contributed by atoms with Crippen molar-refractivity contribution in [3.05, 3.63) is 39.8 Å². The largest absolute Gasteiger partial charge is 0.352 e. The molecule has 0 fully saturated rings. The maximum Gasteiger partial charge on any atom is 0.352 e. The van der Waals surface area contributed by atoms with Gasteiger partial charge in [0.25, 0.3) is 0 Å².